The fourth-order valence-electron chi connectivity index (χ4n) is 4.74. The molecule has 6 heteroatoms. The number of hydrogen-bond acceptors (Lipinski definition) is 2. The van der Waals surface area contributed by atoms with E-state index in [1.807, 2.05) is 0 Å². The van der Waals surface area contributed by atoms with E-state index >= 15 is 0 Å². The van der Waals surface area contributed by atoms with Gasteiger partial charge in [0.2, 0.25) is 11.8 Å². The molecule has 27 heavy (non-hydrogen) atoms. The van der Waals surface area contributed by atoms with E-state index in [0.717, 1.165) is 25.7 Å². The third-order valence-corrected chi connectivity index (χ3v) is 6.16. The number of nitrogens with one attached hydrogen (secondary N) is 2. The molecule has 0 radical (unpaired) electrons. The quantitative estimate of drug-likeness (QED) is 0.395. The number of carbonyl (C=O) groups excluding carboxylic acids is 1. The van der Waals surface area contributed by atoms with Crippen LogP contribution in [0.2, 0.25) is 0 Å². The summed E-state index contributed by atoms with van der Waals surface area (Å²) < 4.78 is 28.2. The lowest BCUT2D eigenvalue weighted by atomic mass is 9.68. The average molecular weight is 377 g/mol. The third kappa shape index (κ3) is 5.05. The fourth-order valence-corrected chi connectivity index (χ4v) is 4.74. The highest BCUT2D eigenvalue weighted by Crippen LogP contribution is 2.46. The molecule has 1 aromatic carbocycles. The van der Waals surface area contributed by atoms with Gasteiger partial charge in [-0.1, -0.05) is 50.7 Å². The second kappa shape index (κ2) is 8.36. The molecule has 0 aliphatic heterocycles. The summed E-state index contributed by atoms with van der Waals surface area (Å²) >= 11 is 0. The first-order valence-electron chi connectivity index (χ1n) is 9.99. The van der Waals surface area contributed by atoms with E-state index in [0.29, 0.717) is 23.6 Å². The monoisotopic (exact) mass is 377 g/mol. The standard InChI is InChI=1S/C21H29F2N3O/c22-21(23)11-10-17(14-6-3-1-2-4-7-14)18(13-21)20(27)26-16-9-5-8-15(12-16)19(24)25/h5,8-9,12,14,17-18H,1-4,6-7,10-11,13H2,(H3,24,25)(H,26,27). The number of halogens is 2. The lowest BCUT2D eigenvalue weighted by Gasteiger charge is -2.39. The van der Waals surface area contributed by atoms with Crippen molar-refractivity contribution in [2.24, 2.45) is 23.5 Å². The molecule has 2 aliphatic rings. The largest absolute Gasteiger partial charge is 0.384 e. The number of anilines is 1. The van der Waals surface area contributed by atoms with Crippen molar-refractivity contribution >= 4 is 17.4 Å². The minimum Gasteiger partial charge on any atom is -0.384 e. The van der Waals surface area contributed by atoms with Gasteiger partial charge in [-0.25, -0.2) is 8.78 Å². The van der Waals surface area contributed by atoms with Crippen LogP contribution < -0.4 is 11.1 Å². The van der Waals surface area contributed by atoms with Crippen LogP contribution in [0.25, 0.3) is 0 Å². The van der Waals surface area contributed by atoms with Gasteiger partial charge in [0, 0.05) is 30.0 Å². The Morgan fingerprint density at radius 3 is 2.52 bits per heavy atom. The number of nitrogen functional groups attached to an aromatic ring is 1. The second-order valence-electron chi connectivity index (χ2n) is 8.10. The van der Waals surface area contributed by atoms with Crippen molar-refractivity contribution in [3.8, 4) is 0 Å². The summed E-state index contributed by atoms with van der Waals surface area (Å²) in [7, 11) is 0. The van der Waals surface area contributed by atoms with Crippen LogP contribution in [0.1, 0.15) is 63.4 Å². The molecule has 4 N–H and O–H groups in total. The number of carbonyl (C=O) groups is 1. The third-order valence-electron chi connectivity index (χ3n) is 6.16. The maximum Gasteiger partial charge on any atom is 0.248 e. The average Bonchev–Trinajstić information content (AvgIpc) is 2.90. The first-order valence-corrected chi connectivity index (χ1v) is 9.99. The summed E-state index contributed by atoms with van der Waals surface area (Å²) in [6.07, 6.45) is 6.69. The summed E-state index contributed by atoms with van der Waals surface area (Å²) in [6.45, 7) is 0. The zero-order valence-electron chi connectivity index (χ0n) is 15.6. The van der Waals surface area contributed by atoms with Crippen LogP contribution in [0.15, 0.2) is 24.3 Å². The number of nitrogens with two attached hydrogens (primary N) is 1. The van der Waals surface area contributed by atoms with Crippen molar-refractivity contribution in [1.82, 2.24) is 0 Å². The van der Waals surface area contributed by atoms with Crippen molar-refractivity contribution < 1.29 is 13.6 Å². The molecule has 0 heterocycles. The minimum atomic E-state index is -2.77. The smallest absolute Gasteiger partial charge is 0.248 e. The molecule has 0 spiro atoms. The maximum atomic E-state index is 14.1. The summed E-state index contributed by atoms with van der Waals surface area (Å²) in [5.74, 6) is -3.47. The molecule has 0 bridgehead atoms. The molecule has 2 atom stereocenters. The molecule has 0 aromatic heterocycles. The Morgan fingerprint density at radius 1 is 1.15 bits per heavy atom. The first kappa shape index (κ1) is 19.8. The van der Waals surface area contributed by atoms with Gasteiger partial charge >= 0.3 is 0 Å². The zero-order chi connectivity index (χ0) is 19.4. The van der Waals surface area contributed by atoms with Gasteiger partial charge in [0.25, 0.3) is 0 Å². The van der Waals surface area contributed by atoms with Gasteiger partial charge in [0.05, 0.1) is 0 Å². The van der Waals surface area contributed by atoms with Crippen molar-refractivity contribution in [2.45, 2.75) is 63.7 Å². The molecule has 148 valence electrons. The van der Waals surface area contributed by atoms with Crippen LogP contribution in [0.4, 0.5) is 14.5 Å². The molecule has 2 unspecified atom stereocenters. The molecule has 1 amide bonds. The number of alkyl halides is 2. The zero-order valence-corrected chi connectivity index (χ0v) is 15.6. The number of amidine groups is 1. The van der Waals surface area contributed by atoms with Crippen LogP contribution in [-0.2, 0) is 4.79 Å². The Kier molecular flexibility index (Phi) is 6.12. The molecule has 3 rings (SSSR count). The molecular formula is C21H29F2N3O. The van der Waals surface area contributed by atoms with Crippen LogP contribution in [0, 0.1) is 23.2 Å². The van der Waals surface area contributed by atoms with Gasteiger partial charge in [0.1, 0.15) is 5.84 Å². The highest BCUT2D eigenvalue weighted by Gasteiger charge is 2.46. The Labute approximate surface area is 159 Å². The topological polar surface area (TPSA) is 79.0 Å². The van der Waals surface area contributed by atoms with Gasteiger partial charge in [0.15, 0.2) is 0 Å². The molecule has 2 fully saturated rings. The lowest BCUT2D eigenvalue weighted by molar-refractivity contribution is -0.134. The highest BCUT2D eigenvalue weighted by molar-refractivity contribution is 5.98. The number of hydrogen-bond donors (Lipinski definition) is 3. The normalized spacial score (nSPS) is 26.1. The van der Waals surface area contributed by atoms with Gasteiger partial charge in [-0.3, -0.25) is 10.2 Å². The predicted molar refractivity (Wildman–Crippen MR) is 103 cm³/mol. The van der Waals surface area contributed by atoms with E-state index in [9.17, 15) is 13.6 Å². The number of rotatable bonds is 4. The highest BCUT2D eigenvalue weighted by atomic mass is 19.3. The molecule has 2 saturated carbocycles. The van der Waals surface area contributed by atoms with E-state index < -0.39 is 11.8 Å². The molecular weight excluding hydrogens is 348 g/mol. The molecule has 0 saturated heterocycles. The maximum absolute atomic E-state index is 14.1. The first-order chi connectivity index (χ1) is 12.9. The van der Waals surface area contributed by atoms with Crippen LogP contribution in [-0.4, -0.2) is 17.7 Å². The number of benzene rings is 1. The van der Waals surface area contributed by atoms with E-state index in [1.54, 1.807) is 24.3 Å². The Bertz CT molecular complexity index is 684. The van der Waals surface area contributed by atoms with Gasteiger partial charge in [-0.2, -0.15) is 0 Å². The Morgan fingerprint density at radius 2 is 1.85 bits per heavy atom. The van der Waals surface area contributed by atoms with Crippen molar-refractivity contribution in [1.29, 1.82) is 5.41 Å². The van der Waals surface area contributed by atoms with Crippen molar-refractivity contribution in [3.63, 3.8) is 0 Å². The second-order valence-corrected chi connectivity index (χ2v) is 8.10. The summed E-state index contributed by atoms with van der Waals surface area (Å²) in [5, 5.41) is 10.3. The van der Waals surface area contributed by atoms with E-state index in [-0.39, 0.29) is 30.5 Å². The SMILES string of the molecule is N=C(N)c1cccc(NC(=O)C2CC(F)(F)CCC2C2CCCCCC2)c1. The lowest BCUT2D eigenvalue weighted by Crippen LogP contribution is -2.42. The fraction of sp³-hybridized carbons (Fsp3) is 0.619. The Hall–Kier alpha value is -1.98. The van der Waals surface area contributed by atoms with Crippen LogP contribution in [0.5, 0.6) is 0 Å². The summed E-state index contributed by atoms with van der Waals surface area (Å²) in [6, 6.07) is 6.69. The van der Waals surface area contributed by atoms with Crippen LogP contribution in [0.3, 0.4) is 0 Å². The molecule has 1 aromatic rings. The minimum absolute atomic E-state index is 0.0266. The summed E-state index contributed by atoms with van der Waals surface area (Å²) in [5.41, 5.74) is 6.50. The van der Waals surface area contributed by atoms with E-state index in [4.69, 9.17) is 11.1 Å². The van der Waals surface area contributed by atoms with Crippen molar-refractivity contribution in [3.05, 3.63) is 29.8 Å². The van der Waals surface area contributed by atoms with E-state index in [1.165, 1.54) is 12.8 Å². The van der Waals surface area contributed by atoms with Gasteiger partial charge in [-0.05, 0) is 30.4 Å². The summed E-state index contributed by atoms with van der Waals surface area (Å²) in [4.78, 5) is 12.9. The van der Waals surface area contributed by atoms with Gasteiger partial charge in [-0.15, -0.1) is 0 Å². The van der Waals surface area contributed by atoms with Crippen molar-refractivity contribution in [2.75, 3.05) is 5.32 Å². The predicted octanol–water partition coefficient (Wildman–Crippen LogP) is 4.93. The molecule has 4 nitrogen and oxygen atoms in total. The Balaban J connectivity index is 1.77. The van der Waals surface area contributed by atoms with Crippen LogP contribution >= 0.6 is 0 Å². The van der Waals surface area contributed by atoms with Gasteiger partial charge < -0.3 is 11.1 Å². The van der Waals surface area contributed by atoms with E-state index in [2.05, 4.69) is 5.32 Å². The number of amides is 1. The molecule has 2 aliphatic carbocycles.